The first-order valence-electron chi connectivity index (χ1n) is 5.46. The van der Waals surface area contributed by atoms with Crippen LogP contribution >= 0.6 is 12.2 Å². The molecule has 0 aliphatic carbocycles. The number of hydrogen-bond donors (Lipinski definition) is 1. The molecule has 0 aliphatic heterocycles. The molecule has 0 radical (unpaired) electrons. The maximum atomic E-state index is 12.9. The molecule has 0 spiro atoms. The number of benzene rings is 1. The van der Waals surface area contributed by atoms with Crippen LogP contribution in [-0.4, -0.2) is 26.0 Å². The number of hydrogen-bond acceptors (Lipinski definition) is 4. The number of anilines is 1. The van der Waals surface area contributed by atoms with E-state index in [0.29, 0.717) is 0 Å². The maximum absolute atomic E-state index is 12.9. The summed E-state index contributed by atoms with van der Waals surface area (Å²) in [6.07, 6.45) is -4.61. The van der Waals surface area contributed by atoms with Crippen LogP contribution in [0.5, 0.6) is 0 Å². The lowest BCUT2D eigenvalue weighted by molar-refractivity contribution is -0.137. The van der Waals surface area contributed by atoms with Gasteiger partial charge in [-0.15, -0.1) is 0 Å². The highest BCUT2D eigenvalue weighted by atomic mass is 32.1. The van der Waals surface area contributed by atoms with E-state index < -0.39 is 17.3 Å². The molecular formula is C12H12F3N3OS. The summed E-state index contributed by atoms with van der Waals surface area (Å²) in [6, 6.07) is 4.90. The highest BCUT2D eigenvalue weighted by Gasteiger charge is 2.34. The topological polar surface area (TPSA) is 48.3 Å². The van der Waals surface area contributed by atoms with Crippen LogP contribution in [-0.2, 0) is 10.9 Å². The van der Waals surface area contributed by atoms with Gasteiger partial charge in [-0.2, -0.15) is 18.4 Å². The Morgan fingerprint density at radius 1 is 1.50 bits per heavy atom. The monoisotopic (exact) mass is 303 g/mol. The molecule has 1 aromatic rings. The van der Waals surface area contributed by atoms with Gasteiger partial charge in [0.25, 0.3) is 5.17 Å². The minimum Gasteiger partial charge on any atom is -0.474 e. The summed E-state index contributed by atoms with van der Waals surface area (Å²) in [6.45, 7) is 0.176. The van der Waals surface area contributed by atoms with Crippen LogP contribution in [0, 0.1) is 11.3 Å². The van der Waals surface area contributed by atoms with Crippen molar-refractivity contribution < 1.29 is 17.9 Å². The number of nitrogens with zero attached hydrogens (tertiary/aromatic N) is 2. The van der Waals surface area contributed by atoms with Gasteiger partial charge in [0.1, 0.15) is 0 Å². The fourth-order valence-electron chi connectivity index (χ4n) is 1.56. The van der Waals surface area contributed by atoms with E-state index in [9.17, 15) is 13.2 Å². The van der Waals surface area contributed by atoms with Crippen LogP contribution in [0.2, 0.25) is 0 Å². The number of nitrogens with one attached hydrogen (secondary N) is 1. The fraction of sp³-hybridized carbons (Fsp3) is 0.333. The zero-order valence-corrected chi connectivity index (χ0v) is 11.6. The van der Waals surface area contributed by atoms with Gasteiger partial charge in [-0.25, -0.2) is 0 Å². The quantitative estimate of drug-likeness (QED) is 0.687. The summed E-state index contributed by atoms with van der Waals surface area (Å²) >= 11 is 4.94. The van der Waals surface area contributed by atoms with Crippen molar-refractivity contribution >= 4 is 23.1 Å². The molecule has 0 aromatic heterocycles. The van der Waals surface area contributed by atoms with E-state index in [-0.39, 0.29) is 17.5 Å². The summed E-state index contributed by atoms with van der Waals surface area (Å²) < 4.78 is 43.6. The van der Waals surface area contributed by atoms with Crippen LogP contribution in [0.25, 0.3) is 0 Å². The SMILES string of the molecule is CNCN(C(=S)OC)c1ccc(C#N)c(C(F)(F)F)c1. The average molecular weight is 303 g/mol. The lowest BCUT2D eigenvalue weighted by atomic mass is 10.1. The number of thiocarbonyl (C=S) groups is 1. The molecule has 108 valence electrons. The number of ether oxygens (including phenoxy) is 1. The summed E-state index contributed by atoms with van der Waals surface area (Å²) in [5.41, 5.74) is -1.25. The normalized spacial score (nSPS) is 10.8. The van der Waals surface area contributed by atoms with Gasteiger partial charge in [-0.1, -0.05) is 0 Å². The van der Waals surface area contributed by atoms with Gasteiger partial charge in [-0.3, -0.25) is 4.90 Å². The zero-order valence-electron chi connectivity index (χ0n) is 10.8. The van der Waals surface area contributed by atoms with Crippen LogP contribution in [0.3, 0.4) is 0 Å². The first kappa shape index (κ1) is 16.2. The highest BCUT2D eigenvalue weighted by molar-refractivity contribution is 7.80. The first-order valence-corrected chi connectivity index (χ1v) is 5.87. The minimum atomic E-state index is -4.61. The Balaban J connectivity index is 3.32. The Morgan fingerprint density at radius 2 is 2.15 bits per heavy atom. The molecule has 1 rings (SSSR count). The van der Waals surface area contributed by atoms with Crippen molar-refractivity contribution in [2.75, 3.05) is 25.7 Å². The van der Waals surface area contributed by atoms with E-state index in [2.05, 4.69) is 5.32 Å². The van der Waals surface area contributed by atoms with Crippen LogP contribution in [0.15, 0.2) is 18.2 Å². The largest absolute Gasteiger partial charge is 0.474 e. The summed E-state index contributed by atoms with van der Waals surface area (Å²) in [5, 5.41) is 11.5. The molecule has 8 heteroatoms. The van der Waals surface area contributed by atoms with E-state index in [1.807, 2.05) is 0 Å². The molecule has 0 saturated heterocycles. The van der Waals surface area contributed by atoms with Crippen molar-refractivity contribution in [3.8, 4) is 6.07 Å². The minimum absolute atomic E-state index is 0.0252. The number of alkyl halides is 3. The third-order valence-corrected chi connectivity index (χ3v) is 2.84. The highest BCUT2D eigenvalue weighted by Crippen LogP contribution is 2.34. The van der Waals surface area contributed by atoms with E-state index in [1.165, 1.54) is 24.1 Å². The van der Waals surface area contributed by atoms with Crippen molar-refractivity contribution in [1.29, 1.82) is 5.26 Å². The van der Waals surface area contributed by atoms with Crippen molar-refractivity contribution in [1.82, 2.24) is 5.32 Å². The van der Waals surface area contributed by atoms with Crippen LogP contribution in [0.1, 0.15) is 11.1 Å². The molecule has 1 aromatic carbocycles. The molecule has 0 heterocycles. The van der Waals surface area contributed by atoms with Crippen molar-refractivity contribution in [2.24, 2.45) is 0 Å². The molecule has 0 fully saturated rings. The summed E-state index contributed by atoms with van der Waals surface area (Å²) in [5.74, 6) is 0. The smallest absolute Gasteiger partial charge is 0.417 e. The van der Waals surface area contributed by atoms with Crippen molar-refractivity contribution in [2.45, 2.75) is 6.18 Å². The molecule has 0 unspecified atom stereocenters. The number of rotatable bonds is 3. The molecule has 4 nitrogen and oxygen atoms in total. The molecular weight excluding hydrogens is 291 g/mol. The fourth-order valence-corrected chi connectivity index (χ4v) is 1.73. The number of methoxy groups -OCH3 is 1. The van der Waals surface area contributed by atoms with Gasteiger partial charge < -0.3 is 10.1 Å². The van der Waals surface area contributed by atoms with Gasteiger partial charge in [0.05, 0.1) is 31.0 Å². The summed E-state index contributed by atoms with van der Waals surface area (Å²) in [7, 11) is 2.96. The molecule has 0 bridgehead atoms. The van der Waals surface area contributed by atoms with E-state index >= 15 is 0 Å². The van der Waals surface area contributed by atoms with Gasteiger partial charge in [0.15, 0.2) is 0 Å². The van der Waals surface area contributed by atoms with Crippen molar-refractivity contribution in [3.63, 3.8) is 0 Å². The van der Waals surface area contributed by atoms with Crippen LogP contribution in [0.4, 0.5) is 18.9 Å². The second kappa shape index (κ2) is 6.54. The number of nitriles is 1. The molecule has 0 aliphatic rings. The first-order chi connectivity index (χ1) is 9.35. The van der Waals surface area contributed by atoms with Gasteiger partial charge in [0.2, 0.25) is 0 Å². The molecule has 20 heavy (non-hydrogen) atoms. The standard InChI is InChI=1S/C12H12F3N3OS/c1-17-7-18(11(20)19-2)9-4-3-8(6-16)10(5-9)12(13,14)15/h3-5,17H,7H2,1-2H3. The van der Waals surface area contributed by atoms with Gasteiger partial charge in [0, 0.05) is 5.69 Å². The van der Waals surface area contributed by atoms with Gasteiger partial charge in [-0.05, 0) is 37.5 Å². The molecule has 0 saturated carbocycles. The Kier molecular flexibility index (Phi) is 5.30. The second-order valence-corrected chi connectivity index (χ2v) is 4.10. The van der Waals surface area contributed by atoms with E-state index in [1.54, 1.807) is 7.05 Å². The number of halogens is 3. The Morgan fingerprint density at radius 3 is 2.60 bits per heavy atom. The third kappa shape index (κ3) is 3.59. The molecule has 0 atom stereocenters. The second-order valence-electron chi connectivity index (χ2n) is 3.75. The predicted molar refractivity (Wildman–Crippen MR) is 72.2 cm³/mol. The Labute approximate surface area is 119 Å². The predicted octanol–water partition coefficient (Wildman–Crippen LogP) is 2.49. The average Bonchev–Trinajstić information content (AvgIpc) is 2.42. The Hall–Kier alpha value is -1.85. The van der Waals surface area contributed by atoms with Crippen LogP contribution < -0.4 is 10.2 Å². The molecule has 0 amide bonds. The Bertz CT molecular complexity index is 540. The third-order valence-electron chi connectivity index (χ3n) is 2.45. The van der Waals surface area contributed by atoms with E-state index in [4.69, 9.17) is 22.2 Å². The molecule has 1 N–H and O–H groups in total. The van der Waals surface area contributed by atoms with Gasteiger partial charge >= 0.3 is 6.18 Å². The lowest BCUT2D eigenvalue weighted by Gasteiger charge is -2.24. The zero-order chi connectivity index (χ0) is 15.3. The van der Waals surface area contributed by atoms with E-state index in [0.717, 1.165) is 12.1 Å². The lowest BCUT2D eigenvalue weighted by Crippen LogP contribution is -2.37. The van der Waals surface area contributed by atoms with Crippen molar-refractivity contribution in [3.05, 3.63) is 29.3 Å². The summed E-state index contributed by atoms with van der Waals surface area (Å²) in [4.78, 5) is 1.35. The maximum Gasteiger partial charge on any atom is 0.417 e.